The average Bonchev–Trinajstić information content (AvgIpc) is 3.40. The minimum Gasteiger partial charge on any atom is -0.478 e. The van der Waals surface area contributed by atoms with E-state index >= 15 is 0 Å². The van der Waals surface area contributed by atoms with E-state index in [0.717, 1.165) is 72.1 Å². The molecule has 8 heteroatoms. The molecule has 0 unspecified atom stereocenters. The van der Waals surface area contributed by atoms with Crippen molar-refractivity contribution in [2.24, 2.45) is 0 Å². The van der Waals surface area contributed by atoms with E-state index in [4.69, 9.17) is 4.98 Å². The number of aromatic nitrogens is 2. The Morgan fingerprint density at radius 3 is 2.24 bits per heavy atom. The molecule has 0 bridgehead atoms. The van der Waals surface area contributed by atoms with Crippen LogP contribution >= 0.6 is 0 Å². The molecule has 1 heterocycles. The zero-order valence-corrected chi connectivity index (χ0v) is 27.1. The number of fused-ring (bicyclic) bond motifs is 1. The molecule has 0 aliphatic carbocycles. The lowest BCUT2D eigenvalue weighted by Crippen LogP contribution is -2.32. The summed E-state index contributed by atoms with van der Waals surface area (Å²) in [5.41, 5.74) is 6.18. The second-order valence-corrected chi connectivity index (χ2v) is 13.4. The molecule has 0 fully saturated rings. The minimum atomic E-state index is -3.78. The van der Waals surface area contributed by atoms with Gasteiger partial charge in [0.2, 0.25) is 0 Å². The van der Waals surface area contributed by atoms with Gasteiger partial charge in [-0.15, -0.1) is 0 Å². The van der Waals surface area contributed by atoms with E-state index < -0.39 is 16.0 Å². The number of imidazole rings is 1. The molecular weight excluding hydrogens is 582 g/mol. The highest BCUT2D eigenvalue weighted by Gasteiger charge is 2.26. The van der Waals surface area contributed by atoms with Crippen LogP contribution in [0.1, 0.15) is 73.3 Å². The molecule has 0 spiro atoms. The Morgan fingerprint density at radius 1 is 0.867 bits per heavy atom. The maximum absolute atomic E-state index is 14.0. The monoisotopic (exact) mass is 623 g/mol. The topological polar surface area (TPSA) is 92.5 Å². The van der Waals surface area contributed by atoms with E-state index in [-0.39, 0.29) is 10.5 Å². The number of carboxylic acids is 1. The van der Waals surface area contributed by atoms with Gasteiger partial charge < -0.3 is 9.67 Å². The first-order valence-electron chi connectivity index (χ1n) is 15.7. The van der Waals surface area contributed by atoms with Crippen molar-refractivity contribution in [2.45, 2.75) is 70.7 Å². The molecule has 0 aliphatic heterocycles. The van der Waals surface area contributed by atoms with Gasteiger partial charge in [0, 0.05) is 19.5 Å². The van der Waals surface area contributed by atoms with Gasteiger partial charge in [0.25, 0.3) is 10.0 Å². The minimum absolute atomic E-state index is 0.268. The summed E-state index contributed by atoms with van der Waals surface area (Å²) in [7, 11) is -3.78. The second kappa shape index (κ2) is 14.1. The van der Waals surface area contributed by atoms with Crippen molar-refractivity contribution >= 4 is 32.7 Å². The van der Waals surface area contributed by atoms with Gasteiger partial charge in [0.05, 0.1) is 27.2 Å². The average molecular weight is 624 g/mol. The first-order valence-corrected chi connectivity index (χ1v) is 17.2. The summed E-state index contributed by atoms with van der Waals surface area (Å²) in [6.07, 6.45) is 5.53. The summed E-state index contributed by atoms with van der Waals surface area (Å²) in [5.74, 6) is 0.0140. The SMILES string of the molecule is CCCCCN(c1cc(C)c2nc(CCCC)n(Cc3ccc(-c4ccccc4C(=O)O)cc3)c2c1)S(=O)(=O)c1ccccc1. The van der Waals surface area contributed by atoms with Crippen LogP contribution in [-0.4, -0.2) is 35.6 Å². The number of anilines is 1. The van der Waals surface area contributed by atoms with Crippen LogP contribution in [0.4, 0.5) is 5.69 Å². The summed E-state index contributed by atoms with van der Waals surface area (Å²) in [4.78, 5) is 17.1. The Balaban J connectivity index is 1.58. The van der Waals surface area contributed by atoms with E-state index in [1.165, 1.54) is 0 Å². The van der Waals surface area contributed by atoms with Crippen LogP contribution in [0.15, 0.2) is 95.9 Å². The van der Waals surface area contributed by atoms with Crippen LogP contribution < -0.4 is 4.31 Å². The molecule has 1 aromatic heterocycles. The number of aromatic carboxylic acids is 1. The van der Waals surface area contributed by atoms with Crippen molar-refractivity contribution in [3.63, 3.8) is 0 Å². The number of unbranched alkanes of at least 4 members (excludes halogenated alkanes) is 3. The molecule has 0 amide bonds. The Bertz CT molecular complexity index is 1880. The Hall–Kier alpha value is -4.43. The third kappa shape index (κ3) is 6.96. The molecule has 234 valence electrons. The van der Waals surface area contributed by atoms with Crippen molar-refractivity contribution in [3.8, 4) is 11.1 Å². The lowest BCUT2D eigenvalue weighted by atomic mass is 9.99. The Kier molecular flexibility index (Phi) is 10.0. The smallest absolute Gasteiger partial charge is 0.336 e. The molecule has 7 nitrogen and oxygen atoms in total. The summed E-state index contributed by atoms with van der Waals surface area (Å²) >= 11 is 0. The Morgan fingerprint density at radius 2 is 1.56 bits per heavy atom. The number of carbonyl (C=O) groups is 1. The predicted molar refractivity (Wildman–Crippen MR) is 182 cm³/mol. The first kappa shape index (κ1) is 32.0. The van der Waals surface area contributed by atoms with Crippen molar-refractivity contribution in [1.82, 2.24) is 9.55 Å². The van der Waals surface area contributed by atoms with Gasteiger partial charge in [-0.3, -0.25) is 4.31 Å². The standard InChI is InChI=1S/C37H41N3O4S/c1-4-6-13-23-40(45(43,44)31-14-9-8-10-15-31)30-24-27(3)36-34(25-30)39(35(38-36)18-7-5-2)26-28-19-21-29(22-20-28)32-16-11-12-17-33(32)37(41)42/h8-12,14-17,19-22,24-25H,4-7,13,18,23,26H2,1-3H3,(H,41,42). The normalized spacial score (nSPS) is 11.6. The van der Waals surface area contributed by atoms with Gasteiger partial charge >= 0.3 is 5.97 Å². The summed E-state index contributed by atoms with van der Waals surface area (Å²) in [5, 5.41) is 9.66. The molecule has 0 atom stereocenters. The van der Waals surface area contributed by atoms with Crippen LogP contribution in [-0.2, 0) is 23.0 Å². The fourth-order valence-electron chi connectivity index (χ4n) is 5.77. The van der Waals surface area contributed by atoms with Gasteiger partial charge in [-0.25, -0.2) is 18.2 Å². The number of rotatable bonds is 14. The quantitative estimate of drug-likeness (QED) is 0.125. The van der Waals surface area contributed by atoms with E-state index in [1.807, 2.05) is 61.5 Å². The lowest BCUT2D eigenvalue weighted by molar-refractivity contribution is 0.0697. The fourth-order valence-corrected chi connectivity index (χ4v) is 7.28. The van der Waals surface area contributed by atoms with E-state index in [0.29, 0.717) is 24.3 Å². The number of hydrogen-bond donors (Lipinski definition) is 1. The molecular formula is C37H41N3O4S. The van der Waals surface area contributed by atoms with E-state index in [1.54, 1.807) is 40.7 Å². The van der Waals surface area contributed by atoms with E-state index in [9.17, 15) is 18.3 Å². The molecule has 5 aromatic rings. The number of benzene rings is 4. The van der Waals surface area contributed by atoms with Crippen LogP contribution in [0.3, 0.4) is 0 Å². The number of sulfonamides is 1. The molecule has 1 N–H and O–H groups in total. The van der Waals surface area contributed by atoms with Crippen LogP contribution in [0.25, 0.3) is 22.2 Å². The van der Waals surface area contributed by atoms with Crippen LogP contribution in [0.2, 0.25) is 0 Å². The Labute approximate surface area is 266 Å². The van der Waals surface area contributed by atoms with Crippen molar-refractivity contribution in [2.75, 3.05) is 10.8 Å². The molecule has 0 saturated heterocycles. The van der Waals surface area contributed by atoms with Gasteiger partial charge in [-0.05, 0) is 72.4 Å². The van der Waals surface area contributed by atoms with Gasteiger partial charge in [-0.2, -0.15) is 0 Å². The molecule has 45 heavy (non-hydrogen) atoms. The molecule has 4 aromatic carbocycles. The zero-order chi connectivity index (χ0) is 32.0. The van der Waals surface area contributed by atoms with Crippen molar-refractivity contribution in [1.29, 1.82) is 0 Å². The number of carboxylic acid groups (broad SMARTS) is 1. The molecule has 0 saturated carbocycles. The maximum atomic E-state index is 14.0. The summed E-state index contributed by atoms with van der Waals surface area (Å²) in [6, 6.07) is 27.6. The number of nitrogens with zero attached hydrogens (tertiary/aromatic N) is 3. The highest BCUT2D eigenvalue weighted by atomic mass is 32.2. The first-order chi connectivity index (χ1) is 21.7. The van der Waals surface area contributed by atoms with E-state index in [2.05, 4.69) is 18.4 Å². The molecule has 0 aliphatic rings. The summed E-state index contributed by atoms with van der Waals surface area (Å²) in [6.45, 7) is 7.22. The van der Waals surface area contributed by atoms with Crippen molar-refractivity contribution < 1.29 is 18.3 Å². The van der Waals surface area contributed by atoms with Crippen LogP contribution in [0.5, 0.6) is 0 Å². The largest absolute Gasteiger partial charge is 0.478 e. The number of aryl methyl sites for hydroxylation is 2. The molecule has 5 rings (SSSR count). The third-order valence-corrected chi connectivity index (χ3v) is 10.1. The van der Waals surface area contributed by atoms with Gasteiger partial charge in [-0.1, -0.05) is 93.8 Å². The summed E-state index contributed by atoms with van der Waals surface area (Å²) < 4.78 is 31.7. The van der Waals surface area contributed by atoms with Crippen molar-refractivity contribution in [3.05, 3.63) is 114 Å². The zero-order valence-electron chi connectivity index (χ0n) is 26.2. The molecule has 0 radical (unpaired) electrons. The number of hydrogen-bond acceptors (Lipinski definition) is 4. The predicted octanol–water partition coefficient (Wildman–Crippen LogP) is 8.49. The highest BCUT2D eigenvalue weighted by Crippen LogP contribution is 2.32. The highest BCUT2D eigenvalue weighted by molar-refractivity contribution is 7.92. The lowest BCUT2D eigenvalue weighted by Gasteiger charge is -2.25. The fraction of sp³-hybridized carbons (Fsp3) is 0.297. The van der Waals surface area contributed by atoms with Gasteiger partial charge in [0.15, 0.2) is 0 Å². The third-order valence-electron chi connectivity index (χ3n) is 8.21. The van der Waals surface area contributed by atoms with Gasteiger partial charge in [0.1, 0.15) is 5.82 Å². The van der Waals surface area contributed by atoms with Crippen LogP contribution in [0, 0.1) is 6.92 Å². The maximum Gasteiger partial charge on any atom is 0.336 e. The second-order valence-electron chi connectivity index (χ2n) is 11.5.